The Kier molecular flexibility index (Phi) is 7.53. The highest BCUT2D eigenvalue weighted by Crippen LogP contribution is 2.75. The summed E-state index contributed by atoms with van der Waals surface area (Å²) in [6.45, 7) is 17.0. The molecule has 4 fully saturated rings. The Morgan fingerprint density at radius 2 is 1.48 bits per heavy atom. The Labute approximate surface area is 239 Å². The smallest absolute Gasteiger partial charge is 0.332 e. The normalized spacial score (nSPS) is 48.0. The van der Waals surface area contributed by atoms with Crippen LogP contribution in [0, 0.1) is 50.2 Å². The molecule has 0 amide bonds. The highest BCUT2D eigenvalue weighted by atomic mass is 16.4. The Hall–Kier alpha value is -1.73. The monoisotopic (exact) mass is 560 g/mol. The van der Waals surface area contributed by atoms with Gasteiger partial charge in [0.2, 0.25) is 0 Å². The van der Waals surface area contributed by atoms with E-state index in [-0.39, 0.29) is 50.8 Å². The van der Waals surface area contributed by atoms with Gasteiger partial charge in [-0.05, 0) is 117 Å². The van der Waals surface area contributed by atoms with Gasteiger partial charge in [0.15, 0.2) is 5.78 Å². The summed E-state index contributed by atoms with van der Waals surface area (Å²) in [6.07, 6.45) is 8.72. The topological polar surface area (TPSA) is 132 Å². The molecular weight excluding hydrogens is 508 g/mol. The number of carbonyl (C=O) groups is 3. The van der Waals surface area contributed by atoms with Gasteiger partial charge in [0.1, 0.15) is 6.10 Å². The van der Waals surface area contributed by atoms with Gasteiger partial charge in [-0.3, -0.25) is 9.59 Å². The van der Waals surface area contributed by atoms with Crippen LogP contribution >= 0.6 is 0 Å². The third-order valence-electron chi connectivity index (χ3n) is 13.4. The minimum absolute atomic E-state index is 0.0296. The molecule has 0 spiro atoms. The van der Waals surface area contributed by atoms with E-state index in [2.05, 4.69) is 41.5 Å². The lowest BCUT2D eigenvalue weighted by Crippen LogP contribution is -2.66. The van der Waals surface area contributed by atoms with Crippen LogP contribution in [0.1, 0.15) is 113 Å². The van der Waals surface area contributed by atoms with E-state index < -0.39 is 23.5 Å². The van der Waals surface area contributed by atoms with Gasteiger partial charge in [-0.25, -0.2) is 4.79 Å². The number of carboxylic acid groups (broad SMARTS) is 2. The maximum Gasteiger partial charge on any atom is 0.332 e. The molecule has 0 bridgehead atoms. The molecule has 0 saturated heterocycles. The zero-order chi connectivity index (χ0) is 30.3. The standard InChI is InChI=1S/C30H46O4.C3H6O3/c1-25(2)21-8-11-30(7)23(28(21,5)10-9-22(25)32)20(31)16-18-19-17-27(4,24(33)34)13-12-26(19,3)14-15-29(18,30)6;1-2(4)3(5)6/h16,19,21-23,32H,8-15,17H2,1-7H3,(H,33,34);2,4H,1H3,(H,5,6)/t19-,21-,22-,23+,26+,27-,28-,29+,30+;/m0./s1. The molecule has 5 aliphatic carbocycles. The summed E-state index contributed by atoms with van der Waals surface area (Å²) in [5.41, 5.74) is 0.142. The molecule has 0 heterocycles. The van der Waals surface area contributed by atoms with Crippen molar-refractivity contribution in [3.8, 4) is 0 Å². The molecule has 4 saturated carbocycles. The maximum absolute atomic E-state index is 14.2. The summed E-state index contributed by atoms with van der Waals surface area (Å²) < 4.78 is 0. The average Bonchev–Trinajstić information content (AvgIpc) is 2.84. The fourth-order valence-corrected chi connectivity index (χ4v) is 10.4. The number of aliphatic hydroxyl groups excluding tert-OH is 2. The molecule has 1 unspecified atom stereocenters. The molecule has 40 heavy (non-hydrogen) atoms. The van der Waals surface area contributed by atoms with Gasteiger partial charge in [0.05, 0.1) is 11.5 Å². The van der Waals surface area contributed by atoms with Crippen molar-refractivity contribution in [2.24, 2.45) is 50.2 Å². The summed E-state index contributed by atoms with van der Waals surface area (Å²) in [7, 11) is 0. The number of fused-ring (bicyclic) bond motifs is 7. The van der Waals surface area contributed by atoms with Crippen LogP contribution in [0.15, 0.2) is 11.6 Å². The van der Waals surface area contributed by atoms with Crippen molar-refractivity contribution < 1.29 is 34.8 Å². The molecule has 7 heteroatoms. The minimum Gasteiger partial charge on any atom is -0.481 e. The third kappa shape index (κ3) is 4.31. The second-order valence-corrected chi connectivity index (χ2v) is 15.9. The van der Waals surface area contributed by atoms with Crippen LogP contribution in [-0.4, -0.2) is 50.4 Å². The van der Waals surface area contributed by atoms with Crippen LogP contribution in [0.4, 0.5) is 0 Å². The fourth-order valence-electron chi connectivity index (χ4n) is 10.4. The molecule has 226 valence electrons. The number of hydrogen-bond donors (Lipinski definition) is 4. The van der Waals surface area contributed by atoms with E-state index in [1.807, 2.05) is 13.0 Å². The van der Waals surface area contributed by atoms with Gasteiger partial charge in [0.25, 0.3) is 0 Å². The first-order chi connectivity index (χ1) is 18.2. The average molecular weight is 561 g/mol. The molecule has 10 atom stereocenters. The second-order valence-electron chi connectivity index (χ2n) is 15.9. The first-order valence-electron chi connectivity index (χ1n) is 15.3. The molecule has 5 rings (SSSR count). The Morgan fingerprint density at radius 3 is 2.02 bits per heavy atom. The predicted octanol–water partition coefficient (Wildman–Crippen LogP) is 5.86. The van der Waals surface area contributed by atoms with Crippen LogP contribution < -0.4 is 0 Å². The van der Waals surface area contributed by atoms with Crippen molar-refractivity contribution in [1.29, 1.82) is 0 Å². The predicted molar refractivity (Wildman–Crippen MR) is 152 cm³/mol. The summed E-state index contributed by atoms with van der Waals surface area (Å²) in [5, 5.41) is 36.7. The summed E-state index contributed by atoms with van der Waals surface area (Å²) >= 11 is 0. The number of hydrogen-bond acceptors (Lipinski definition) is 5. The Morgan fingerprint density at radius 1 is 0.900 bits per heavy atom. The van der Waals surface area contributed by atoms with Crippen molar-refractivity contribution in [3.05, 3.63) is 11.6 Å². The Bertz CT molecular complexity index is 1110. The van der Waals surface area contributed by atoms with Crippen LogP contribution in [0.25, 0.3) is 0 Å². The first kappa shape index (κ1) is 31.2. The van der Waals surface area contributed by atoms with E-state index in [0.717, 1.165) is 51.4 Å². The summed E-state index contributed by atoms with van der Waals surface area (Å²) in [6, 6.07) is 0. The number of aliphatic carboxylic acids is 2. The quantitative estimate of drug-likeness (QED) is 0.332. The molecule has 0 aromatic carbocycles. The Balaban J connectivity index is 0.000000557. The van der Waals surface area contributed by atoms with Gasteiger partial charge in [0, 0.05) is 5.92 Å². The van der Waals surface area contributed by atoms with E-state index in [0.29, 0.717) is 12.3 Å². The van der Waals surface area contributed by atoms with Crippen molar-refractivity contribution in [1.82, 2.24) is 0 Å². The van der Waals surface area contributed by atoms with Crippen LogP contribution in [0.3, 0.4) is 0 Å². The molecule has 5 aliphatic rings. The largest absolute Gasteiger partial charge is 0.481 e. The van der Waals surface area contributed by atoms with Gasteiger partial charge in [-0.15, -0.1) is 0 Å². The lowest BCUT2D eigenvalue weighted by Gasteiger charge is -2.70. The zero-order valence-corrected chi connectivity index (χ0v) is 25.8. The van der Waals surface area contributed by atoms with Crippen LogP contribution in [-0.2, 0) is 14.4 Å². The van der Waals surface area contributed by atoms with E-state index in [1.54, 1.807) is 0 Å². The molecule has 0 aromatic rings. The number of ketones is 1. The number of carboxylic acids is 2. The minimum atomic E-state index is -1.23. The van der Waals surface area contributed by atoms with Gasteiger partial charge < -0.3 is 20.4 Å². The van der Waals surface area contributed by atoms with Gasteiger partial charge in [-0.2, -0.15) is 0 Å². The summed E-state index contributed by atoms with van der Waals surface area (Å²) in [5.74, 6) is -1.12. The number of rotatable bonds is 2. The molecule has 0 radical (unpaired) electrons. The maximum atomic E-state index is 14.2. The van der Waals surface area contributed by atoms with E-state index in [9.17, 15) is 24.6 Å². The van der Waals surface area contributed by atoms with Gasteiger partial charge >= 0.3 is 11.9 Å². The lowest BCUT2D eigenvalue weighted by atomic mass is 9.33. The fraction of sp³-hybridized carbons (Fsp3) is 0.848. The number of carbonyl (C=O) groups excluding carboxylic acids is 1. The number of aliphatic hydroxyl groups is 2. The van der Waals surface area contributed by atoms with Crippen LogP contribution in [0.2, 0.25) is 0 Å². The molecule has 0 aromatic heterocycles. The van der Waals surface area contributed by atoms with E-state index >= 15 is 0 Å². The second kappa shape index (κ2) is 9.65. The van der Waals surface area contributed by atoms with Crippen molar-refractivity contribution >= 4 is 17.7 Å². The van der Waals surface area contributed by atoms with Gasteiger partial charge in [-0.1, -0.05) is 47.1 Å². The van der Waals surface area contributed by atoms with Crippen molar-refractivity contribution in [2.75, 3.05) is 0 Å². The van der Waals surface area contributed by atoms with E-state index in [4.69, 9.17) is 10.2 Å². The van der Waals surface area contributed by atoms with E-state index in [1.165, 1.54) is 12.5 Å². The first-order valence-corrected chi connectivity index (χ1v) is 15.3. The molecule has 4 N–H and O–H groups in total. The van der Waals surface area contributed by atoms with Crippen molar-refractivity contribution in [3.63, 3.8) is 0 Å². The number of allylic oxidation sites excluding steroid dienone is 2. The highest BCUT2D eigenvalue weighted by molar-refractivity contribution is 5.95. The molecule has 7 nitrogen and oxygen atoms in total. The molecule has 0 aliphatic heterocycles. The van der Waals surface area contributed by atoms with Crippen LogP contribution in [0.5, 0.6) is 0 Å². The summed E-state index contributed by atoms with van der Waals surface area (Å²) in [4.78, 5) is 35.9. The van der Waals surface area contributed by atoms with Crippen molar-refractivity contribution in [2.45, 2.75) is 125 Å². The third-order valence-corrected chi connectivity index (χ3v) is 13.4. The zero-order valence-electron chi connectivity index (χ0n) is 25.8. The molecular formula is C33H52O7. The highest BCUT2D eigenvalue weighted by Gasteiger charge is 2.70. The SMILES string of the molecule is CC(O)C(=O)O.CC1(C)[C@@H](O)CC[C@]2(C)[C@H]3C(=O)C=C4[C@@H]5C[C@@](C)(C(=O)O)CC[C@]5(C)CC[C@@]4(C)[C@]3(C)CC[C@@H]12. The lowest BCUT2D eigenvalue weighted by molar-refractivity contribution is -0.202.